The zero-order valence-electron chi connectivity index (χ0n) is 13.4. The lowest BCUT2D eigenvalue weighted by Crippen LogP contribution is -2.53. The maximum Gasteiger partial charge on any atom is 0.242 e. The van der Waals surface area contributed by atoms with Crippen LogP contribution in [0.2, 0.25) is 0 Å². The van der Waals surface area contributed by atoms with Crippen LogP contribution in [0.1, 0.15) is 31.1 Å². The van der Waals surface area contributed by atoms with Crippen LogP contribution in [0.4, 0.5) is 0 Å². The van der Waals surface area contributed by atoms with E-state index >= 15 is 0 Å². The largest absolute Gasteiger partial charge is 0.336 e. The van der Waals surface area contributed by atoms with Crippen molar-refractivity contribution in [1.29, 1.82) is 0 Å². The minimum atomic E-state index is -0.0684. The number of rotatable bonds is 3. The molecule has 3 heterocycles. The van der Waals surface area contributed by atoms with Gasteiger partial charge in [-0.3, -0.25) is 9.59 Å². The molecule has 1 aromatic heterocycles. The van der Waals surface area contributed by atoms with E-state index in [0.29, 0.717) is 26.1 Å². The van der Waals surface area contributed by atoms with Crippen molar-refractivity contribution in [1.82, 2.24) is 24.7 Å². The van der Waals surface area contributed by atoms with Gasteiger partial charge in [0.2, 0.25) is 11.8 Å². The van der Waals surface area contributed by atoms with E-state index in [4.69, 9.17) is 0 Å². The van der Waals surface area contributed by atoms with E-state index in [-0.39, 0.29) is 36.8 Å². The third-order valence-corrected chi connectivity index (χ3v) is 4.47. The summed E-state index contributed by atoms with van der Waals surface area (Å²) >= 11 is 0. The molecule has 1 unspecified atom stereocenters. The van der Waals surface area contributed by atoms with Crippen molar-refractivity contribution >= 4 is 24.2 Å². The van der Waals surface area contributed by atoms with E-state index in [2.05, 4.69) is 10.3 Å². The maximum absolute atomic E-state index is 12.7. The summed E-state index contributed by atoms with van der Waals surface area (Å²) in [7, 11) is 1.94. The van der Waals surface area contributed by atoms with E-state index < -0.39 is 0 Å². The Bertz CT molecular complexity index is 562. The molecule has 3 rings (SSSR count). The second-order valence-corrected chi connectivity index (χ2v) is 5.98. The topological polar surface area (TPSA) is 70.5 Å². The molecule has 0 spiro atoms. The number of carbonyl (C=O) groups excluding carboxylic acids is 2. The first-order chi connectivity index (χ1) is 10.7. The Hall–Kier alpha value is -1.60. The van der Waals surface area contributed by atoms with Crippen LogP contribution < -0.4 is 5.32 Å². The number of halogens is 1. The molecule has 2 aliphatic heterocycles. The third kappa shape index (κ3) is 3.84. The number of aryl methyl sites for hydroxylation is 1. The lowest BCUT2D eigenvalue weighted by Gasteiger charge is -2.37. The number of nitrogens with zero attached hydrogens (tertiary/aromatic N) is 4. The monoisotopic (exact) mass is 341 g/mol. The Morgan fingerprint density at radius 1 is 1.39 bits per heavy atom. The van der Waals surface area contributed by atoms with Crippen molar-refractivity contribution in [2.24, 2.45) is 7.05 Å². The molecule has 0 aromatic carbocycles. The van der Waals surface area contributed by atoms with Gasteiger partial charge in [-0.15, -0.1) is 12.4 Å². The molecule has 23 heavy (non-hydrogen) atoms. The minimum absolute atomic E-state index is 0. The van der Waals surface area contributed by atoms with Crippen LogP contribution in [0.15, 0.2) is 12.4 Å². The summed E-state index contributed by atoms with van der Waals surface area (Å²) in [6.07, 6.45) is 6.13. The van der Waals surface area contributed by atoms with Gasteiger partial charge in [0.15, 0.2) is 0 Å². The first-order valence-corrected chi connectivity index (χ1v) is 7.92. The fraction of sp³-hybridized carbons (Fsp3) is 0.667. The Kier molecular flexibility index (Phi) is 6.01. The van der Waals surface area contributed by atoms with Crippen LogP contribution in [0.25, 0.3) is 0 Å². The van der Waals surface area contributed by atoms with Gasteiger partial charge < -0.3 is 19.7 Å². The van der Waals surface area contributed by atoms with E-state index in [0.717, 1.165) is 25.2 Å². The second kappa shape index (κ2) is 7.79. The fourth-order valence-corrected chi connectivity index (χ4v) is 3.21. The second-order valence-electron chi connectivity index (χ2n) is 5.98. The van der Waals surface area contributed by atoms with Gasteiger partial charge in [-0.1, -0.05) is 0 Å². The maximum atomic E-state index is 12.7. The molecule has 2 aliphatic rings. The number of hydrogen-bond donors (Lipinski definition) is 1. The van der Waals surface area contributed by atoms with Gasteiger partial charge in [0.1, 0.15) is 11.9 Å². The van der Waals surface area contributed by atoms with Gasteiger partial charge in [-0.2, -0.15) is 0 Å². The quantitative estimate of drug-likeness (QED) is 0.860. The highest BCUT2D eigenvalue weighted by Crippen LogP contribution is 2.21. The zero-order chi connectivity index (χ0) is 15.5. The summed E-state index contributed by atoms with van der Waals surface area (Å²) in [6.45, 7) is 3.02. The molecule has 128 valence electrons. The summed E-state index contributed by atoms with van der Waals surface area (Å²) in [5.41, 5.74) is 0. The van der Waals surface area contributed by atoms with E-state index in [1.807, 2.05) is 22.7 Å². The highest BCUT2D eigenvalue weighted by molar-refractivity contribution is 5.85. The Morgan fingerprint density at radius 2 is 2.22 bits per heavy atom. The van der Waals surface area contributed by atoms with Crippen molar-refractivity contribution in [3.05, 3.63) is 18.2 Å². The lowest BCUT2D eigenvalue weighted by molar-refractivity contribution is -0.143. The number of carbonyl (C=O) groups is 2. The molecule has 1 atom stereocenters. The Labute approximate surface area is 142 Å². The predicted octanol–water partition coefficient (Wildman–Crippen LogP) is 0.327. The molecule has 0 saturated carbocycles. The minimum Gasteiger partial charge on any atom is -0.336 e. The number of piperidine rings is 1. The van der Waals surface area contributed by atoms with Gasteiger partial charge in [0, 0.05) is 52.0 Å². The Morgan fingerprint density at radius 3 is 2.91 bits per heavy atom. The Balaban J connectivity index is 0.00000192. The van der Waals surface area contributed by atoms with Gasteiger partial charge in [-0.05, 0) is 12.8 Å². The van der Waals surface area contributed by atoms with Crippen LogP contribution >= 0.6 is 12.4 Å². The number of nitrogens with one attached hydrogen (secondary N) is 1. The predicted molar refractivity (Wildman–Crippen MR) is 88.2 cm³/mol. The normalized spacial score (nSPS) is 22.0. The lowest BCUT2D eigenvalue weighted by atomic mass is 10.1. The van der Waals surface area contributed by atoms with Crippen molar-refractivity contribution in [3.8, 4) is 0 Å². The first kappa shape index (κ1) is 17.7. The number of likely N-dealkylation sites (tertiary alicyclic amines) is 1. The van der Waals surface area contributed by atoms with Gasteiger partial charge >= 0.3 is 0 Å². The summed E-state index contributed by atoms with van der Waals surface area (Å²) in [5, 5.41) is 3.32. The number of hydrogen-bond acceptors (Lipinski definition) is 4. The van der Waals surface area contributed by atoms with E-state index in [1.165, 1.54) is 0 Å². The molecule has 7 nitrogen and oxygen atoms in total. The SMILES string of the molecule is Cl.Cn1ccnc1C1CNCCN1C(=O)CN1CCCCC1=O. The summed E-state index contributed by atoms with van der Waals surface area (Å²) < 4.78 is 1.95. The van der Waals surface area contributed by atoms with E-state index in [9.17, 15) is 9.59 Å². The summed E-state index contributed by atoms with van der Waals surface area (Å²) in [4.78, 5) is 32.5. The molecule has 8 heteroatoms. The molecular weight excluding hydrogens is 318 g/mol. The van der Waals surface area contributed by atoms with Crippen LogP contribution in [0.5, 0.6) is 0 Å². The number of aromatic nitrogens is 2. The van der Waals surface area contributed by atoms with Gasteiger partial charge in [0.05, 0.1) is 6.54 Å². The first-order valence-electron chi connectivity index (χ1n) is 7.92. The highest BCUT2D eigenvalue weighted by atomic mass is 35.5. The molecule has 1 aromatic rings. The molecule has 0 radical (unpaired) electrons. The van der Waals surface area contributed by atoms with Gasteiger partial charge in [0.25, 0.3) is 0 Å². The molecular formula is C15H24ClN5O2. The average molecular weight is 342 g/mol. The number of amides is 2. The van der Waals surface area contributed by atoms with Crippen molar-refractivity contribution in [2.45, 2.75) is 25.3 Å². The van der Waals surface area contributed by atoms with Crippen LogP contribution in [-0.4, -0.2) is 63.9 Å². The smallest absolute Gasteiger partial charge is 0.242 e. The van der Waals surface area contributed by atoms with Gasteiger partial charge in [-0.25, -0.2) is 4.98 Å². The molecule has 1 N–H and O–H groups in total. The van der Waals surface area contributed by atoms with Crippen molar-refractivity contribution in [3.63, 3.8) is 0 Å². The number of imidazole rings is 1. The summed E-state index contributed by atoms with van der Waals surface area (Å²) in [5.74, 6) is 0.999. The van der Waals surface area contributed by atoms with Crippen LogP contribution in [0.3, 0.4) is 0 Å². The van der Waals surface area contributed by atoms with Crippen molar-refractivity contribution < 1.29 is 9.59 Å². The number of piperazine rings is 1. The van der Waals surface area contributed by atoms with Crippen LogP contribution in [-0.2, 0) is 16.6 Å². The zero-order valence-corrected chi connectivity index (χ0v) is 14.2. The van der Waals surface area contributed by atoms with Crippen molar-refractivity contribution in [2.75, 3.05) is 32.7 Å². The standard InChI is InChI=1S/C15H23N5O2.ClH/c1-18-8-6-17-15(18)12-10-16-5-9-20(12)14(22)11-19-7-3-2-4-13(19)21;/h6,8,12,16H,2-5,7,9-11H2,1H3;1H. The summed E-state index contributed by atoms with van der Waals surface area (Å²) in [6, 6.07) is -0.0684. The third-order valence-electron chi connectivity index (χ3n) is 4.47. The highest BCUT2D eigenvalue weighted by Gasteiger charge is 2.32. The molecule has 2 saturated heterocycles. The molecule has 2 amide bonds. The molecule has 0 bridgehead atoms. The fourth-order valence-electron chi connectivity index (χ4n) is 3.21. The molecule has 0 aliphatic carbocycles. The van der Waals surface area contributed by atoms with E-state index in [1.54, 1.807) is 11.1 Å². The average Bonchev–Trinajstić information content (AvgIpc) is 2.95. The van der Waals surface area contributed by atoms with Crippen LogP contribution in [0, 0.1) is 0 Å². The molecule has 2 fully saturated rings.